The van der Waals surface area contributed by atoms with Crippen molar-refractivity contribution < 1.29 is 9.21 Å². The van der Waals surface area contributed by atoms with Gasteiger partial charge in [-0.25, -0.2) is 0 Å². The first-order valence-corrected chi connectivity index (χ1v) is 7.47. The maximum atomic E-state index is 12.2. The Kier molecular flexibility index (Phi) is 4.24. The molecular formula is C19H18N2O2. The fraction of sp³-hybridized carbons (Fsp3) is 0.158. The van der Waals surface area contributed by atoms with Gasteiger partial charge in [0.05, 0.1) is 6.26 Å². The number of furan rings is 1. The van der Waals surface area contributed by atoms with Gasteiger partial charge in [-0.05, 0) is 49.7 Å². The van der Waals surface area contributed by atoms with Crippen molar-refractivity contribution >= 4 is 5.91 Å². The number of hydrogen-bond donors (Lipinski definition) is 1. The highest BCUT2D eigenvalue weighted by molar-refractivity contribution is 5.94. The summed E-state index contributed by atoms with van der Waals surface area (Å²) < 4.78 is 5.31. The van der Waals surface area contributed by atoms with Crippen molar-refractivity contribution in [2.75, 3.05) is 0 Å². The summed E-state index contributed by atoms with van der Waals surface area (Å²) >= 11 is 0. The maximum absolute atomic E-state index is 12.2. The van der Waals surface area contributed by atoms with Crippen LogP contribution in [0.15, 0.2) is 59.3 Å². The van der Waals surface area contributed by atoms with Crippen LogP contribution < -0.4 is 5.32 Å². The van der Waals surface area contributed by atoms with E-state index in [1.54, 1.807) is 12.5 Å². The van der Waals surface area contributed by atoms with Gasteiger partial charge in [0.1, 0.15) is 5.69 Å². The molecule has 0 bridgehead atoms. The number of nitrogens with one attached hydrogen (secondary N) is 1. The molecule has 0 atom stereocenters. The zero-order valence-corrected chi connectivity index (χ0v) is 13.2. The number of hydrogen-bond acceptors (Lipinski definition) is 3. The van der Waals surface area contributed by atoms with E-state index in [-0.39, 0.29) is 5.91 Å². The van der Waals surface area contributed by atoms with Gasteiger partial charge in [-0.1, -0.05) is 23.3 Å². The summed E-state index contributed by atoms with van der Waals surface area (Å²) in [4.78, 5) is 16.6. The minimum absolute atomic E-state index is 0.0769. The number of aromatic nitrogens is 1. The van der Waals surface area contributed by atoms with Gasteiger partial charge in [-0.2, -0.15) is 0 Å². The predicted octanol–water partition coefficient (Wildman–Crippen LogP) is 3.89. The molecule has 2 aromatic heterocycles. The molecular weight excluding hydrogens is 288 g/mol. The number of rotatable bonds is 4. The highest BCUT2D eigenvalue weighted by Crippen LogP contribution is 2.17. The molecule has 0 fully saturated rings. The molecule has 0 unspecified atom stereocenters. The van der Waals surface area contributed by atoms with Crippen molar-refractivity contribution in [1.29, 1.82) is 0 Å². The van der Waals surface area contributed by atoms with Crippen LogP contribution in [0, 0.1) is 13.8 Å². The lowest BCUT2D eigenvalue weighted by molar-refractivity contribution is 0.0950. The van der Waals surface area contributed by atoms with Crippen LogP contribution >= 0.6 is 0 Å². The van der Waals surface area contributed by atoms with Crippen LogP contribution in [-0.2, 0) is 6.54 Å². The molecule has 0 spiro atoms. The van der Waals surface area contributed by atoms with Gasteiger partial charge in [0.15, 0.2) is 5.76 Å². The van der Waals surface area contributed by atoms with Gasteiger partial charge in [-0.3, -0.25) is 9.78 Å². The quantitative estimate of drug-likeness (QED) is 0.795. The van der Waals surface area contributed by atoms with Gasteiger partial charge in [-0.15, -0.1) is 0 Å². The fourth-order valence-corrected chi connectivity index (χ4v) is 2.49. The average Bonchev–Trinajstić information content (AvgIpc) is 3.06. The van der Waals surface area contributed by atoms with Crippen molar-refractivity contribution in [2.45, 2.75) is 20.4 Å². The van der Waals surface area contributed by atoms with E-state index in [0.717, 1.165) is 28.1 Å². The third-order valence-corrected chi connectivity index (χ3v) is 3.54. The van der Waals surface area contributed by atoms with Crippen LogP contribution in [0.25, 0.3) is 11.5 Å². The number of benzene rings is 1. The Morgan fingerprint density at radius 2 is 1.91 bits per heavy atom. The first-order valence-electron chi connectivity index (χ1n) is 7.47. The number of nitrogens with zero attached hydrogens (tertiary/aromatic N) is 1. The number of amides is 1. The molecule has 4 heteroatoms. The highest BCUT2D eigenvalue weighted by Gasteiger charge is 2.07. The summed E-state index contributed by atoms with van der Waals surface area (Å²) in [5.41, 5.74) is 4.57. The van der Waals surface area contributed by atoms with Crippen molar-refractivity contribution in [3.05, 3.63) is 77.2 Å². The van der Waals surface area contributed by atoms with Crippen molar-refractivity contribution in [3.8, 4) is 11.5 Å². The van der Waals surface area contributed by atoms with E-state index in [1.807, 2.05) is 56.3 Å². The average molecular weight is 306 g/mol. The van der Waals surface area contributed by atoms with Crippen LogP contribution in [0.3, 0.4) is 0 Å². The Labute approximate surface area is 135 Å². The fourth-order valence-electron chi connectivity index (χ4n) is 2.49. The zero-order chi connectivity index (χ0) is 16.2. The topological polar surface area (TPSA) is 55.1 Å². The lowest BCUT2D eigenvalue weighted by atomic mass is 10.1. The van der Waals surface area contributed by atoms with Crippen molar-refractivity contribution in [1.82, 2.24) is 10.3 Å². The molecule has 0 saturated heterocycles. The lowest BCUT2D eigenvalue weighted by Crippen LogP contribution is -2.23. The van der Waals surface area contributed by atoms with E-state index in [9.17, 15) is 4.79 Å². The number of pyridine rings is 1. The third-order valence-electron chi connectivity index (χ3n) is 3.54. The van der Waals surface area contributed by atoms with Gasteiger partial charge in [0.2, 0.25) is 0 Å². The molecule has 0 saturated carbocycles. The second kappa shape index (κ2) is 6.48. The SMILES string of the molecule is Cc1cc(C)cc(C(=O)NCc2ccc(-c3ccco3)nc2)c1. The van der Waals surface area contributed by atoms with E-state index in [0.29, 0.717) is 12.1 Å². The lowest BCUT2D eigenvalue weighted by Gasteiger charge is -2.07. The third kappa shape index (κ3) is 3.66. The number of carbonyl (C=O) groups excluding carboxylic acids is 1. The second-order valence-corrected chi connectivity index (χ2v) is 5.59. The largest absolute Gasteiger partial charge is 0.463 e. The van der Waals surface area contributed by atoms with Crippen LogP contribution in [0.5, 0.6) is 0 Å². The van der Waals surface area contributed by atoms with Crippen LogP contribution in [-0.4, -0.2) is 10.9 Å². The first kappa shape index (κ1) is 15.0. The van der Waals surface area contributed by atoms with Gasteiger partial charge < -0.3 is 9.73 Å². The predicted molar refractivity (Wildman–Crippen MR) is 89.0 cm³/mol. The highest BCUT2D eigenvalue weighted by atomic mass is 16.3. The normalized spacial score (nSPS) is 10.5. The summed E-state index contributed by atoms with van der Waals surface area (Å²) in [6.45, 7) is 4.42. The zero-order valence-electron chi connectivity index (χ0n) is 13.2. The first-order chi connectivity index (χ1) is 11.1. The van der Waals surface area contributed by atoms with E-state index in [4.69, 9.17) is 4.42 Å². The molecule has 1 aromatic carbocycles. The summed E-state index contributed by atoms with van der Waals surface area (Å²) in [6, 6.07) is 13.3. The molecule has 1 amide bonds. The summed E-state index contributed by atoms with van der Waals surface area (Å²) in [6.07, 6.45) is 3.37. The standard InChI is InChI=1S/C19H18N2O2/c1-13-8-14(2)10-16(9-13)19(22)21-12-15-5-6-17(20-11-15)18-4-3-7-23-18/h3-11H,12H2,1-2H3,(H,21,22). The summed E-state index contributed by atoms with van der Waals surface area (Å²) in [5, 5.41) is 2.92. The molecule has 0 aliphatic heterocycles. The van der Waals surface area contributed by atoms with Crippen LogP contribution in [0.2, 0.25) is 0 Å². The van der Waals surface area contributed by atoms with E-state index < -0.39 is 0 Å². The Morgan fingerprint density at radius 3 is 2.52 bits per heavy atom. The molecule has 4 nitrogen and oxygen atoms in total. The Morgan fingerprint density at radius 1 is 1.13 bits per heavy atom. The Balaban J connectivity index is 1.65. The smallest absolute Gasteiger partial charge is 0.251 e. The number of carbonyl (C=O) groups is 1. The van der Waals surface area contributed by atoms with Gasteiger partial charge in [0.25, 0.3) is 5.91 Å². The molecule has 3 aromatic rings. The van der Waals surface area contributed by atoms with E-state index >= 15 is 0 Å². The number of aryl methyl sites for hydroxylation is 2. The minimum Gasteiger partial charge on any atom is -0.463 e. The minimum atomic E-state index is -0.0769. The van der Waals surface area contributed by atoms with Gasteiger partial charge in [0, 0.05) is 18.3 Å². The molecule has 0 radical (unpaired) electrons. The molecule has 0 aliphatic rings. The molecule has 2 heterocycles. The summed E-state index contributed by atoms with van der Waals surface area (Å²) in [7, 11) is 0. The monoisotopic (exact) mass is 306 g/mol. The maximum Gasteiger partial charge on any atom is 0.251 e. The van der Waals surface area contributed by atoms with E-state index in [1.165, 1.54) is 0 Å². The molecule has 116 valence electrons. The molecule has 23 heavy (non-hydrogen) atoms. The van der Waals surface area contributed by atoms with Crippen molar-refractivity contribution in [2.24, 2.45) is 0 Å². The molecule has 0 aliphatic carbocycles. The van der Waals surface area contributed by atoms with Crippen LogP contribution in [0.4, 0.5) is 0 Å². The van der Waals surface area contributed by atoms with Crippen LogP contribution in [0.1, 0.15) is 27.0 Å². The molecule has 1 N–H and O–H groups in total. The Bertz CT molecular complexity index is 786. The summed E-state index contributed by atoms with van der Waals surface area (Å²) in [5.74, 6) is 0.655. The van der Waals surface area contributed by atoms with Crippen molar-refractivity contribution in [3.63, 3.8) is 0 Å². The van der Waals surface area contributed by atoms with E-state index in [2.05, 4.69) is 10.3 Å². The molecule has 3 rings (SSSR count). The Hall–Kier alpha value is -2.88. The second-order valence-electron chi connectivity index (χ2n) is 5.59. The van der Waals surface area contributed by atoms with Gasteiger partial charge >= 0.3 is 0 Å².